The molecule has 1 saturated carbocycles. The van der Waals surface area contributed by atoms with Crippen LogP contribution in [-0.4, -0.2) is 29.6 Å². The minimum atomic E-state index is -1.17. The molecule has 0 heterocycles. The number of carbonyl (C=O) groups is 2. The van der Waals surface area contributed by atoms with Gasteiger partial charge >= 0.3 is 5.97 Å². The van der Waals surface area contributed by atoms with E-state index in [1.165, 1.54) is 0 Å². The van der Waals surface area contributed by atoms with Gasteiger partial charge in [-0.15, -0.1) is 0 Å². The van der Waals surface area contributed by atoms with Crippen molar-refractivity contribution in [2.45, 2.75) is 58.4 Å². The van der Waals surface area contributed by atoms with E-state index in [4.69, 9.17) is 4.74 Å². The van der Waals surface area contributed by atoms with Crippen LogP contribution in [0.15, 0.2) is 18.2 Å². The summed E-state index contributed by atoms with van der Waals surface area (Å²) >= 11 is 0. The monoisotopic (exact) mass is 347 g/mol. The molecule has 2 rings (SSSR count). The molecule has 5 heteroatoms. The third kappa shape index (κ3) is 3.97. The van der Waals surface area contributed by atoms with Crippen LogP contribution in [-0.2, 0) is 9.59 Å². The van der Waals surface area contributed by atoms with Crippen molar-refractivity contribution in [3.8, 4) is 5.75 Å². The first-order chi connectivity index (χ1) is 11.7. The molecule has 1 aliphatic carbocycles. The topological polar surface area (TPSA) is 75.6 Å². The molecule has 0 aliphatic heterocycles. The van der Waals surface area contributed by atoms with Crippen LogP contribution in [0, 0.1) is 18.8 Å². The molecular formula is C20H29NO4. The Morgan fingerprint density at radius 1 is 1.32 bits per heavy atom. The van der Waals surface area contributed by atoms with E-state index in [0.717, 1.165) is 17.5 Å². The Morgan fingerprint density at radius 2 is 2.00 bits per heavy atom. The normalized spacial score (nSPS) is 27.4. The number of methoxy groups -OCH3 is 1. The molecule has 138 valence electrons. The van der Waals surface area contributed by atoms with E-state index >= 15 is 0 Å². The average Bonchev–Trinajstić information content (AvgIpc) is 2.57. The second-order valence-electron chi connectivity index (χ2n) is 7.54. The van der Waals surface area contributed by atoms with E-state index in [-0.39, 0.29) is 11.8 Å². The second kappa shape index (κ2) is 7.46. The lowest BCUT2D eigenvalue weighted by molar-refractivity contribution is -0.150. The number of hydrogen-bond acceptors (Lipinski definition) is 3. The number of carbonyl (C=O) groups excluding carboxylic acids is 1. The third-order valence-corrected chi connectivity index (χ3v) is 5.69. The van der Waals surface area contributed by atoms with E-state index in [1.54, 1.807) is 14.0 Å². The summed E-state index contributed by atoms with van der Waals surface area (Å²) in [6, 6.07) is 5.69. The molecule has 1 aromatic rings. The van der Waals surface area contributed by atoms with Crippen LogP contribution >= 0.6 is 0 Å². The van der Waals surface area contributed by atoms with Gasteiger partial charge in [-0.2, -0.15) is 0 Å². The number of carboxylic acid groups (broad SMARTS) is 1. The van der Waals surface area contributed by atoms with Gasteiger partial charge in [0.2, 0.25) is 5.91 Å². The Kier molecular flexibility index (Phi) is 5.76. The smallest absolute Gasteiger partial charge is 0.329 e. The summed E-state index contributed by atoms with van der Waals surface area (Å²) < 4.78 is 5.39. The summed E-state index contributed by atoms with van der Waals surface area (Å²) in [5.74, 6) is -0.318. The van der Waals surface area contributed by atoms with Crippen molar-refractivity contribution in [1.29, 1.82) is 0 Å². The molecule has 1 aromatic carbocycles. The number of rotatable bonds is 5. The lowest BCUT2D eigenvalue weighted by Crippen LogP contribution is -2.58. The number of carboxylic acids is 1. The maximum atomic E-state index is 12.8. The van der Waals surface area contributed by atoms with Crippen molar-refractivity contribution in [1.82, 2.24) is 5.32 Å². The largest absolute Gasteiger partial charge is 0.496 e. The van der Waals surface area contributed by atoms with Gasteiger partial charge in [-0.3, -0.25) is 4.79 Å². The SMILES string of the molecule is COc1cc(C)ccc1C(C)C(=O)NC1(C(=O)O)CCC(C)C(C)C1. The number of aliphatic carboxylic acids is 1. The molecule has 1 amide bonds. The van der Waals surface area contributed by atoms with Crippen molar-refractivity contribution >= 4 is 11.9 Å². The quantitative estimate of drug-likeness (QED) is 0.855. The Bertz CT molecular complexity index is 657. The number of hydrogen-bond donors (Lipinski definition) is 2. The maximum absolute atomic E-state index is 12.8. The molecule has 0 saturated heterocycles. The predicted octanol–water partition coefficient (Wildman–Crippen LogP) is 3.50. The summed E-state index contributed by atoms with van der Waals surface area (Å²) in [7, 11) is 1.58. The summed E-state index contributed by atoms with van der Waals surface area (Å²) in [4.78, 5) is 24.8. The van der Waals surface area contributed by atoms with Crippen molar-refractivity contribution in [2.75, 3.05) is 7.11 Å². The molecule has 1 fully saturated rings. The number of aryl methyl sites for hydroxylation is 1. The highest BCUT2D eigenvalue weighted by atomic mass is 16.5. The fourth-order valence-electron chi connectivity index (χ4n) is 3.63. The zero-order chi connectivity index (χ0) is 18.8. The van der Waals surface area contributed by atoms with Gasteiger partial charge in [0, 0.05) is 5.56 Å². The van der Waals surface area contributed by atoms with Crippen molar-refractivity contribution in [2.24, 2.45) is 11.8 Å². The first-order valence-corrected chi connectivity index (χ1v) is 8.90. The molecule has 4 unspecified atom stereocenters. The number of benzene rings is 1. The molecular weight excluding hydrogens is 318 g/mol. The lowest BCUT2D eigenvalue weighted by Gasteiger charge is -2.40. The summed E-state index contributed by atoms with van der Waals surface area (Å²) in [5.41, 5.74) is 0.642. The van der Waals surface area contributed by atoms with Crippen LogP contribution in [0.4, 0.5) is 0 Å². The Labute approximate surface area is 149 Å². The Morgan fingerprint density at radius 3 is 2.56 bits per heavy atom. The van der Waals surface area contributed by atoms with Gasteiger partial charge in [0.05, 0.1) is 13.0 Å². The molecule has 5 nitrogen and oxygen atoms in total. The first-order valence-electron chi connectivity index (χ1n) is 8.90. The fraction of sp³-hybridized carbons (Fsp3) is 0.600. The van der Waals surface area contributed by atoms with Crippen LogP contribution in [0.5, 0.6) is 5.75 Å². The van der Waals surface area contributed by atoms with Crippen LogP contribution in [0.1, 0.15) is 57.1 Å². The Balaban J connectivity index is 2.23. The second-order valence-corrected chi connectivity index (χ2v) is 7.54. The first kappa shape index (κ1) is 19.3. The minimum absolute atomic E-state index is 0.259. The summed E-state index contributed by atoms with van der Waals surface area (Å²) in [6.45, 7) is 7.94. The molecule has 0 aromatic heterocycles. The summed E-state index contributed by atoms with van der Waals surface area (Å²) in [6.07, 6.45) is 1.74. The van der Waals surface area contributed by atoms with Crippen molar-refractivity contribution in [3.63, 3.8) is 0 Å². The zero-order valence-corrected chi connectivity index (χ0v) is 15.8. The number of ether oxygens (including phenoxy) is 1. The summed E-state index contributed by atoms with van der Waals surface area (Å²) in [5, 5.41) is 12.6. The highest BCUT2D eigenvalue weighted by Gasteiger charge is 2.45. The molecule has 4 atom stereocenters. The van der Waals surface area contributed by atoms with E-state index in [1.807, 2.05) is 25.1 Å². The Hall–Kier alpha value is -2.04. The third-order valence-electron chi connectivity index (χ3n) is 5.69. The molecule has 0 bridgehead atoms. The van der Waals surface area contributed by atoms with Crippen LogP contribution in [0.2, 0.25) is 0 Å². The highest BCUT2D eigenvalue weighted by molar-refractivity contribution is 5.90. The standard InChI is InChI=1S/C20H29NO4/c1-12-6-7-16(17(10-12)25-5)15(4)18(22)21-20(19(23)24)9-8-13(2)14(3)11-20/h6-7,10,13-15H,8-9,11H2,1-5H3,(H,21,22)(H,23,24). The van der Waals surface area contributed by atoms with E-state index in [2.05, 4.69) is 19.2 Å². The van der Waals surface area contributed by atoms with Gasteiger partial charge in [-0.05, 0) is 56.6 Å². The highest BCUT2D eigenvalue weighted by Crippen LogP contribution is 2.37. The molecule has 1 aliphatic rings. The van der Waals surface area contributed by atoms with Crippen LogP contribution in [0.3, 0.4) is 0 Å². The minimum Gasteiger partial charge on any atom is -0.496 e. The molecule has 2 N–H and O–H groups in total. The van der Waals surface area contributed by atoms with Crippen LogP contribution < -0.4 is 10.1 Å². The van der Waals surface area contributed by atoms with Gasteiger partial charge in [0.25, 0.3) is 0 Å². The van der Waals surface area contributed by atoms with Gasteiger partial charge in [-0.1, -0.05) is 26.0 Å². The number of nitrogens with one attached hydrogen (secondary N) is 1. The van der Waals surface area contributed by atoms with Gasteiger partial charge < -0.3 is 15.2 Å². The van der Waals surface area contributed by atoms with E-state index < -0.39 is 17.4 Å². The average molecular weight is 347 g/mol. The number of amides is 1. The van der Waals surface area contributed by atoms with Gasteiger partial charge in [-0.25, -0.2) is 4.79 Å². The maximum Gasteiger partial charge on any atom is 0.329 e. The predicted molar refractivity (Wildman–Crippen MR) is 96.8 cm³/mol. The van der Waals surface area contributed by atoms with E-state index in [9.17, 15) is 14.7 Å². The van der Waals surface area contributed by atoms with Crippen LogP contribution in [0.25, 0.3) is 0 Å². The molecule has 0 spiro atoms. The van der Waals surface area contributed by atoms with Crippen molar-refractivity contribution < 1.29 is 19.4 Å². The molecule has 0 radical (unpaired) electrons. The van der Waals surface area contributed by atoms with Gasteiger partial charge in [0.1, 0.15) is 11.3 Å². The van der Waals surface area contributed by atoms with Crippen molar-refractivity contribution in [3.05, 3.63) is 29.3 Å². The zero-order valence-electron chi connectivity index (χ0n) is 15.8. The molecule has 25 heavy (non-hydrogen) atoms. The fourth-order valence-corrected chi connectivity index (χ4v) is 3.63. The van der Waals surface area contributed by atoms with Gasteiger partial charge in [0.15, 0.2) is 0 Å². The lowest BCUT2D eigenvalue weighted by atomic mass is 9.71. The van der Waals surface area contributed by atoms with E-state index in [0.29, 0.717) is 24.5 Å².